The SMILES string of the molecule is C=NN(c1c(C)c(=O)[nH]c2cc(C)c(C=O)cc12)C1CCCC1. The number of aryl methyl sites for hydroxylation is 1. The van der Waals surface area contributed by atoms with Crippen molar-refractivity contribution < 1.29 is 4.79 Å². The second-order valence-electron chi connectivity index (χ2n) is 6.22. The second-order valence-corrected chi connectivity index (χ2v) is 6.22. The number of carbonyl (C=O) groups excluding carboxylic acids is 1. The fourth-order valence-electron chi connectivity index (χ4n) is 3.49. The average molecular weight is 311 g/mol. The molecule has 1 aliphatic rings. The van der Waals surface area contributed by atoms with Crippen LogP contribution in [-0.4, -0.2) is 24.0 Å². The Balaban J connectivity index is 2.32. The van der Waals surface area contributed by atoms with Gasteiger partial charge in [-0.15, -0.1) is 0 Å². The van der Waals surface area contributed by atoms with E-state index in [-0.39, 0.29) is 11.6 Å². The van der Waals surface area contributed by atoms with Crippen molar-refractivity contribution in [2.24, 2.45) is 5.10 Å². The number of rotatable bonds is 4. The van der Waals surface area contributed by atoms with Gasteiger partial charge in [0.25, 0.3) is 5.56 Å². The number of carbonyl (C=O) groups is 1. The van der Waals surface area contributed by atoms with Gasteiger partial charge in [0, 0.05) is 23.2 Å². The van der Waals surface area contributed by atoms with Gasteiger partial charge in [-0.2, -0.15) is 5.10 Å². The van der Waals surface area contributed by atoms with Crippen molar-refractivity contribution in [1.29, 1.82) is 0 Å². The van der Waals surface area contributed by atoms with Crippen LogP contribution in [0.3, 0.4) is 0 Å². The number of nitrogens with zero attached hydrogens (tertiary/aromatic N) is 2. The van der Waals surface area contributed by atoms with Crippen LogP contribution in [0, 0.1) is 13.8 Å². The Hall–Kier alpha value is -2.43. The van der Waals surface area contributed by atoms with Gasteiger partial charge in [0.15, 0.2) is 0 Å². The largest absolute Gasteiger partial charge is 0.322 e. The lowest BCUT2D eigenvalue weighted by atomic mass is 10.0. The number of hydrazone groups is 1. The molecule has 0 radical (unpaired) electrons. The molecule has 2 aromatic rings. The summed E-state index contributed by atoms with van der Waals surface area (Å²) in [5, 5.41) is 6.93. The van der Waals surface area contributed by atoms with Gasteiger partial charge in [0.1, 0.15) is 6.29 Å². The molecule has 0 unspecified atom stereocenters. The van der Waals surface area contributed by atoms with Crippen molar-refractivity contribution in [3.63, 3.8) is 0 Å². The summed E-state index contributed by atoms with van der Waals surface area (Å²) in [6.45, 7) is 7.37. The molecule has 0 aliphatic heterocycles. The first-order chi connectivity index (χ1) is 11.1. The van der Waals surface area contributed by atoms with Crippen molar-refractivity contribution in [2.75, 3.05) is 5.01 Å². The maximum atomic E-state index is 12.3. The minimum atomic E-state index is -0.127. The van der Waals surface area contributed by atoms with E-state index in [2.05, 4.69) is 16.8 Å². The highest BCUT2D eigenvalue weighted by Crippen LogP contribution is 2.34. The van der Waals surface area contributed by atoms with Crippen LogP contribution >= 0.6 is 0 Å². The van der Waals surface area contributed by atoms with Crippen molar-refractivity contribution in [3.8, 4) is 0 Å². The highest BCUT2D eigenvalue weighted by atomic mass is 16.1. The third kappa shape index (κ3) is 2.56. The molecule has 1 saturated carbocycles. The first kappa shape index (κ1) is 15.5. The predicted molar refractivity (Wildman–Crippen MR) is 93.7 cm³/mol. The van der Waals surface area contributed by atoms with E-state index in [1.54, 1.807) is 6.92 Å². The maximum absolute atomic E-state index is 12.3. The minimum Gasteiger partial charge on any atom is -0.322 e. The Morgan fingerprint density at radius 2 is 2.00 bits per heavy atom. The summed E-state index contributed by atoms with van der Waals surface area (Å²) in [4.78, 5) is 26.5. The second kappa shape index (κ2) is 5.99. The molecule has 0 bridgehead atoms. The van der Waals surface area contributed by atoms with Crippen LogP contribution in [0.4, 0.5) is 5.69 Å². The molecule has 1 aromatic heterocycles. The summed E-state index contributed by atoms with van der Waals surface area (Å²) in [5.74, 6) is 0. The molecular weight excluding hydrogens is 290 g/mol. The average Bonchev–Trinajstić information content (AvgIpc) is 3.05. The zero-order valence-corrected chi connectivity index (χ0v) is 13.6. The number of aromatic amines is 1. The highest BCUT2D eigenvalue weighted by Gasteiger charge is 2.26. The van der Waals surface area contributed by atoms with Crippen LogP contribution in [0.5, 0.6) is 0 Å². The van der Waals surface area contributed by atoms with Gasteiger partial charge < -0.3 is 4.98 Å². The summed E-state index contributed by atoms with van der Waals surface area (Å²) < 4.78 is 0. The Morgan fingerprint density at radius 1 is 1.30 bits per heavy atom. The van der Waals surface area contributed by atoms with E-state index in [1.165, 1.54) is 0 Å². The van der Waals surface area contributed by atoms with Crippen LogP contribution in [0.25, 0.3) is 10.9 Å². The van der Waals surface area contributed by atoms with E-state index >= 15 is 0 Å². The predicted octanol–water partition coefficient (Wildman–Crippen LogP) is 3.32. The fraction of sp³-hybridized carbons (Fsp3) is 0.389. The first-order valence-corrected chi connectivity index (χ1v) is 7.95. The number of benzene rings is 1. The van der Waals surface area contributed by atoms with Gasteiger partial charge >= 0.3 is 0 Å². The number of fused-ring (bicyclic) bond motifs is 1. The lowest BCUT2D eigenvalue weighted by molar-refractivity contribution is 0.112. The van der Waals surface area contributed by atoms with Crippen molar-refractivity contribution >= 4 is 29.6 Å². The molecule has 3 rings (SSSR count). The monoisotopic (exact) mass is 311 g/mol. The molecule has 1 aliphatic carbocycles. The number of hydrogen-bond donors (Lipinski definition) is 1. The number of anilines is 1. The Kier molecular flexibility index (Phi) is 4.03. The molecule has 120 valence electrons. The van der Waals surface area contributed by atoms with Crippen LogP contribution in [0.15, 0.2) is 22.0 Å². The Morgan fingerprint density at radius 3 is 2.61 bits per heavy atom. The normalized spacial score (nSPS) is 15.0. The van der Waals surface area contributed by atoms with Crippen LogP contribution in [-0.2, 0) is 0 Å². The first-order valence-electron chi connectivity index (χ1n) is 7.95. The molecule has 5 nitrogen and oxygen atoms in total. The third-order valence-corrected chi connectivity index (χ3v) is 4.78. The number of pyridine rings is 1. The van der Waals surface area contributed by atoms with Gasteiger partial charge in [-0.05, 0) is 44.4 Å². The van der Waals surface area contributed by atoms with Crippen molar-refractivity contribution in [2.45, 2.75) is 45.6 Å². The van der Waals surface area contributed by atoms with Crippen molar-refractivity contribution in [3.05, 3.63) is 39.2 Å². The molecule has 1 N–H and O–H groups in total. The molecule has 0 atom stereocenters. The standard InChI is InChI=1S/C18H21N3O2/c1-11-8-16-15(9-13(11)10-22)17(12(2)18(23)20-16)21(19-3)14-6-4-5-7-14/h8-10,14H,3-7H2,1-2H3,(H,20,23). The topological polar surface area (TPSA) is 65.5 Å². The maximum Gasteiger partial charge on any atom is 0.253 e. The van der Waals surface area contributed by atoms with E-state index < -0.39 is 0 Å². The zero-order chi connectivity index (χ0) is 16.6. The van der Waals surface area contributed by atoms with Crippen molar-refractivity contribution in [1.82, 2.24) is 4.98 Å². The molecule has 0 saturated heterocycles. The molecule has 0 amide bonds. The molecule has 5 heteroatoms. The molecular formula is C18H21N3O2. The molecule has 1 heterocycles. The van der Waals surface area contributed by atoms with Gasteiger partial charge in [-0.1, -0.05) is 12.8 Å². The summed E-state index contributed by atoms with van der Waals surface area (Å²) >= 11 is 0. The van der Waals surface area contributed by atoms with E-state index in [4.69, 9.17) is 0 Å². The quantitative estimate of drug-likeness (QED) is 0.535. The van der Waals surface area contributed by atoms with Gasteiger partial charge in [-0.3, -0.25) is 14.6 Å². The molecule has 23 heavy (non-hydrogen) atoms. The van der Waals surface area contributed by atoms with Gasteiger partial charge in [0.05, 0.1) is 17.2 Å². The molecule has 1 fully saturated rings. The highest BCUT2D eigenvalue weighted by molar-refractivity contribution is 5.97. The van der Waals surface area contributed by atoms with Crippen LogP contribution in [0.1, 0.15) is 47.2 Å². The number of aldehydes is 1. The fourth-order valence-corrected chi connectivity index (χ4v) is 3.49. The van der Waals surface area contributed by atoms with E-state index in [0.29, 0.717) is 11.1 Å². The van der Waals surface area contributed by atoms with E-state index in [1.807, 2.05) is 24.1 Å². The van der Waals surface area contributed by atoms with Crippen LogP contribution in [0.2, 0.25) is 0 Å². The van der Waals surface area contributed by atoms with Gasteiger partial charge in [-0.25, -0.2) is 0 Å². The summed E-state index contributed by atoms with van der Waals surface area (Å²) in [5.41, 5.74) is 3.45. The number of nitrogens with one attached hydrogen (secondary N) is 1. The molecule has 0 spiro atoms. The number of aromatic nitrogens is 1. The smallest absolute Gasteiger partial charge is 0.253 e. The lowest BCUT2D eigenvalue weighted by Gasteiger charge is -2.28. The Labute approximate surface area is 135 Å². The summed E-state index contributed by atoms with van der Waals surface area (Å²) in [6.07, 6.45) is 5.25. The summed E-state index contributed by atoms with van der Waals surface area (Å²) in [6, 6.07) is 3.94. The number of H-pyrrole nitrogens is 1. The summed E-state index contributed by atoms with van der Waals surface area (Å²) in [7, 11) is 0. The van der Waals surface area contributed by atoms with Crippen LogP contribution < -0.4 is 10.6 Å². The van der Waals surface area contributed by atoms with Gasteiger partial charge in [0.2, 0.25) is 0 Å². The zero-order valence-electron chi connectivity index (χ0n) is 13.6. The Bertz CT molecular complexity index is 832. The molecule has 1 aromatic carbocycles. The van der Waals surface area contributed by atoms with E-state index in [0.717, 1.165) is 54.1 Å². The third-order valence-electron chi connectivity index (χ3n) is 4.78. The van der Waals surface area contributed by atoms with E-state index in [9.17, 15) is 9.59 Å². The lowest BCUT2D eigenvalue weighted by Crippen LogP contribution is -2.30. The number of hydrogen-bond acceptors (Lipinski definition) is 4. The minimum absolute atomic E-state index is 0.127.